The van der Waals surface area contributed by atoms with Gasteiger partial charge in [-0.25, -0.2) is 0 Å². The molecule has 1 aromatic rings. The summed E-state index contributed by atoms with van der Waals surface area (Å²) in [6.07, 6.45) is -0.550. The minimum absolute atomic E-state index is 0.231. The molecule has 0 radical (unpaired) electrons. The van der Waals surface area contributed by atoms with Gasteiger partial charge in [-0.2, -0.15) is 5.10 Å². The lowest BCUT2D eigenvalue weighted by Gasteiger charge is -2.16. The Labute approximate surface area is 114 Å². The summed E-state index contributed by atoms with van der Waals surface area (Å²) in [7, 11) is 0. The third kappa shape index (κ3) is 5.28. The first-order chi connectivity index (χ1) is 9.04. The van der Waals surface area contributed by atoms with Gasteiger partial charge in [0, 0.05) is 18.2 Å². The van der Waals surface area contributed by atoms with E-state index < -0.39 is 6.10 Å². The molecule has 5 nitrogen and oxygen atoms in total. The van der Waals surface area contributed by atoms with Crippen molar-refractivity contribution in [2.45, 2.75) is 32.9 Å². The van der Waals surface area contributed by atoms with Gasteiger partial charge >= 0.3 is 0 Å². The number of hydrogen-bond acceptors (Lipinski definition) is 5. The normalized spacial score (nSPS) is 13.6. The van der Waals surface area contributed by atoms with Crippen molar-refractivity contribution in [3.05, 3.63) is 29.8 Å². The summed E-state index contributed by atoms with van der Waals surface area (Å²) in [6, 6.07) is 7.84. The predicted molar refractivity (Wildman–Crippen MR) is 77.5 cm³/mol. The molecule has 0 spiro atoms. The standard InChI is InChI=1S/C14H23N3O2/c1-10(2)16-8-12(18)9-19-14-7-5-4-6-13(14)11(3)17-15/h4-7,10,12,16,18H,8-9,15H2,1-3H3. The fourth-order valence-corrected chi connectivity index (χ4v) is 1.58. The fraction of sp³-hybridized carbons (Fsp3) is 0.500. The van der Waals surface area contributed by atoms with Crippen molar-refractivity contribution in [3.8, 4) is 5.75 Å². The third-order valence-corrected chi connectivity index (χ3v) is 2.66. The van der Waals surface area contributed by atoms with Crippen molar-refractivity contribution in [3.63, 3.8) is 0 Å². The third-order valence-electron chi connectivity index (χ3n) is 2.66. The molecule has 4 N–H and O–H groups in total. The number of nitrogens with two attached hydrogens (primary N) is 1. The van der Waals surface area contributed by atoms with Crippen molar-refractivity contribution in [1.29, 1.82) is 0 Å². The summed E-state index contributed by atoms with van der Waals surface area (Å²) in [6.45, 7) is 6.62. The molecule has 0 aliphatic carbocycles. The Bertz CT molecular complexity index is 419. The van der Waals surface area contributed by atoms with E-state index in [2.05, 4.69) is 10.4 Å². The Hall–Kier alpha value is -1.59. The molecule has 0 heterocycles. The largest absolute Gasteiger partial charge is 0.490 e. The van der Waals surface area contributed by atoms with Crippen molar-refractivity contribution in [1.82, 2.24) is 5.32 Å². The van der Waals surface area contributed by atoms with Gasteiger partial charge in [0.25, 0.3) is 0 Å². The molecule has 0 saturated carbocycles. The van der Waals surface area contributed by atoms with Gasteiger partial charge < -0.3 is 21.0 Å². The zero-order chi connectivity index (χ0) is 14.3. The second-order valence-electron chi connectivity index (χ2n) is 4.74. The van der Waals surface area contributed by atoms with Crippen LogP contribution in [0.25, 0.3) is 0 Å². The molecule has 0 aliphatic rings. The lowest BCUT2D eigenvalue weighted by atomic mass is 10.1. The summed E-state index contributed by atoms with van der Waals surface area (Å²) in [5.41, 5.74) is 1.54. The van der Waals surface area contributed by atoms with E-state index >= 15 is 0 Å². The van der Waals surface area contributed by atoms with E-state index in [9.17, 15) is 5.11 Å². The number of hydrogen-bond donors (Lipinski definition) is 3. The lowest BCUT2D eigenvalue weighted by molar-refractivity contribution is 0.104. The molecule has 19 heavy (non-hydrogen) atoms. The number of nitrogens with one attached hydrogen (secondary N) is 1. The van der Waals surface area contributed by atoms with Crippen molar-refractivity contribution >= 4 is 5.71 Å². The zero-order valence-electron chi connectivity index (χ0n) is 11.8. The van der Waals surface area contributed by atoms with E-state index in [1.807, 2.05) is 45.0 Å². The zero-order valence-corrected chi connectivity index (χ0v) is 11.8. The quantitative estimate of drug-likeness (QED) is 0.392. The van der Waals surface area contributed by atoms with Crippen LogP contribution in [0.3, 0.4) is 0 Å². The Morgan fingerprint density at radius 1 is 1.42 bits per heavy atom. The molecule has 1 aromatic carbocycles. The average molecular weight is 265 g/mol. The van der Waals surface area contributed by atoms with E-state index in [1.54, 1.807) is 0 Å². The van der Waals surface area contributed by atoms with E-state index in [1.165, 1.54) is 0 Å². The Kier molecular flexibility index (Phi) is 6.32. The van der Waals surface area contributed by atoms with Crippen LogP contribution in [0.5, 0.6) is 5.75 Å². The maximum Gasteiger partial charge on any atom is 0.128 e. The van der Waals surface area contributed by atoms with Crippen LogP contribution in [0.15, 0.2) is 29.4 Å². The number of hydrazone groups is 1. The van der Waals surface area contributed by atoms with Gasteiger partial charge in [0.15, 0.2) is 0 Å². The first-order valence-corrected chi connectivity index (χ1v) is 6.42. The second-order valence-corrected chi connectivity index (χ2v) is 4.74. The molecule has 0 aliphatic heterocycles. The Morgan fingerprint density at radius 2 is 2.11 bits per heavy atom. The summed E-state index contributed by atoms with van der Waals surface area (Å²) in [5, 5.41) is 16.6. The van der Waals surface area contributed by atoms with Crippen LogP contribution < -0.4 is 15.9 Å². The number of aliphatic hydroxyl groups is 1. The molecule has 1 atom stereocenters. The average Bonchev–Trinajstić information content (AvgIpc) is 2.42. The summed E-state index contributed by atoms with van der Waals surface area (Å²) >= 11 is 0. The highest BCUT2D eigenvalue weighted by molar-refractivity contribution is 6.00. The van der Waals surface area contributed by atoms with Crippen LogP contribution in [0.1, 0.15) is 26.3 Å². The number of nitrogens with zero attached hydrogens (tertiary/aromatic N) is 1. The summed E-state index contributed by atoms with van der Waals surface area (Å²) in [4.78, 5) is 0. The number of benzene rings is 1. The number of para-hydroxylation sites is 1. The van der Waals surface area contributed by atoms with Gasteiger partial charge in [-0.3, -0.25) is 0 Å². The highest BCUT2D eigenvalue weighted by atomic mass is 16.5. The molecule has 5 heteroatoms. The maximum atomic E-state index is 9.80. The molecule has 106 valence electrons. The van der Waals surface area contributed by atoms with Crippen LogP contribution in [-0.2, 0) is 0 Å². The molecular weight excluding hydrogens is 242 g/mol. The minimum atomic E-state index is -0.550. The molecule has 0 saturated heterocycles. The topological polar surface area (TPSA) is 79.9 Å². The maximum absolute atomic E-state index is 9.80. The van der Waals surface area contributed by atoms with Crippen molar-refractivity contribution < 1.29 is 9.84 Å². The highest BCUT2D eigenvalue weighted by Gasteiger charge is 2.09. The van der Waals surface area contributed by atoms with Crippen LogP contribution >= 0.6 is 0 Å². The van der Waals surface area contributed by atoms with Gasteiger partial charge in [-0.1, -0.05) is 26.0 Å². The van der Waals surface area contributed by atoms with Crippen molar-refractivity contribution in [2.24, 2.45) is 10.9 Å². The molecule has 0 bridgehead atoms. The molecular formula is C14H23N3O2. The first-order valence-electron chi connectivity index (χ1n) is 6.42. The smallest absolute Gasteiger partial charge is 0.128 e. The van der Waals surface area contributed by atoms with Crippen molar-refractivity contribution in [2.75, 3.05) is 13.2 Å². The van der Waals surface area contributed by atoms with Crippen LogP contribution in [0, 0.1) is 0 Å². The SMILES string of the molecule is CC(=NN)c1ccccc1OCC(O)CNC(C)C. The summed E-state index contributed by atoms with van der Waals surface area (Å²) < 4.78 is 5.63. The first kappa shape index (κ1) is 15.5. The highest BCUT2D eigenvalue weighted by Crippen LogP contribution is 2.18. The number of rotatable bonds is 7. The Balaban J connectivity index is 2.58. The monoisotopic (exact) mass is 265 g/mol. The van der Waals surface area contributed by atoms with Gasteiger partial charge in [0.2, 0.25) is 0 Å². The van der Waals surface area contributed by atoms with E-state index in [4.69, 9.17) is 10.6 Å². The molecule has 0 fully saturated rings. The van der Waals surface area contributed by atoms with Crippen LogP contribution in [0.4, 0.5) is 0 Å². The fourth-order valence-electron chi connectivity index (χ4n) is 1.58. The molecule has 1 rings (SSSR count). The predicted octanol–water partition coefficient (Wildman–Crippen LogP) is 1.11. The van der Waals surface area contributed by atoms with E-state index in [0.29, 0.717) is 24.0 Å². The number of aliphatic hydroxyl groups excluding tert-OH is 1. The second kappa shape index (κ2) is 7.76. The van der Waals surface area contributed by atoms with Gasteiger partial charge in [0.1, 0.15) is 18.5 Å². The van der Waals surface area contributed by atoms with E-state index in [-0.39, 0.29) is 6.61 Å². The van der Waals surface area contributed by atoms with Gasteiger partial charge in [-0.15, -0.1) is 0 Å². The minimum Gasteiger partial charge on any atom is -0.490 e. The van der Waals surface area contributed by atoms with Gasteiger partial charge in [0.05, 0.1) is 5.71 Å². The van der Waals surface area contributed by atoms with Crippen LogP contribution in [0.2, 0.25) is 0 Å². The lowest BCUT2D eigenvalue weighted by Crippen LogP contribution is -2.35. The Morgan fingerprint density at radius 3 is 2.74 bits per heavy atom. The number of ether oxygens (including phenoxy) is 1. The van der Waals surface area contributed by atoms with E-state index in [0.717, 1.165) is 5.56 Å². The van der Waals surface area contributed by atoms with Crippen LogP contribution in [-0.4, -0.2) is 36.1 Å². The molecule has 0 amide bonds. The molecule has 1 unspecified atom stereocenters. The summed E-state index contributed by atoms with van der Waals surface area (Å²) in [5.74, 6) is 5.96. The molecule has 0 aromatic heterocycles. The van der Waals surface area contributed by atoms with Gasteiger partial charge in [-0.05, 0) is 19.1 Å².